The van der Waals surface area contributed by atoms with Crippen LogP contribution in [-0.2, 0) is 16.4 Å². The lowest BCUT2D eigenvalue weighted by atomic mass is 9.90. The van der Waals surface area contributed by atoms with Crippen molar-refractivity contribution in [1.29, 1.82) is 0 Å². The fourth-order valence-electron chi connectivity index (χ4n) is 6.28. The third-order valence-electron chi connectivity index (χ3n) is 8.60. The first-order valence-corrected chi connectivity index (χ1v) is 16.4. The van der Waals surface area contributed by atoms with Crippen molar-refractivity contribution < 1.29 is 22.0 Å². The van der Waals surface area contributed by atoms with Crippen molar-refractivity contribution in [1.82, 2.24) is 19.6 Å². The van der Waals surface area contributed by atoms with Crippen molar-refractivity contribution in [3.63, 3.8) is 0 Å². The lowest BCUT2D eigenvalue weighted by Crippen LogP contribution is -2.34. The van der Waals surface area contributed by atoms with Crippen LogP contribution in [0.3, 0.4) is 0 Å². The molecule has 0 bridgehead atoms. The van der Waals surface area contributed by atoms with E-state index in [1.54, 1.807) is 40.0 Å². The molecule has 224 valence electrons. The van der Waals surface area contributed by atoms with Gasteiger partial charge in [0.2, 0.25) is 0 Å². The Balaban J connectivity index is 1.22. The number of carbonyl (C=O) groups is 1. The zero-order valence-corrected chi connectivity index (χ0v) is 24.8. The maximum absolute atomic E-state index is 15.2. The summed E-state index contributed by atoms with van der Waals surface area (Å²) in [6.45, 7) is 2.55. The molecule has 4 aromatic rings. The highest BCUT2D eigenvalue weighted by molar-refractivity contribution is 7.90. The van der Waals surface area contributed by atoms with Crippen molar-refractivity contribution >= 4 is 15.7 Å². The van der Waals surface area contributed by atoms with E-state index in [0.29, 0.717) is 29.2 Å². The Morgan fingerprint density at radius 3 is 2.26 bits per heavy atom. The number of hydrogen-bond donors (Lipinski definition) is 0. The van der Waals surface area contributed by atoms with E-state index >= 15 is 4.39 Å². The van der Waals surface area contributed by atoms with Crippen LogP contribution in [0.15, 0.2) is 90.0 Å². The van der Waals surface area contributed by atoms with Gasteiger partial charge in [-0.2, -0.15) is 5.10 Å². The topological polar surface area (TPSA) is 75.5 Å². The number of likely N-dealkylation sites (tertiary alicyclic amines) is 2. The van der Waals surface area contributed by atoms with E-state index in [0.717, 1.165) is 42.8 Å². The molecule has 2 atom stereocenters. The average Bonchev–Trinajstić information content (AvgIpc) is 3.62. The third kappa shape index (κ3) is 6.26. The van der Waals surface area contributed by atoms with E-state index in [2.05, 4.69) is 10.00 Å². The number of halogens is 2. The Kier molecular flexibility index (Phi) is 8.15. The monoisotopic (exact) mass is 604 g/mol. The Morgan fingerprint density at radius 2 is 1.60 bits per heavy atom. The third-order valence-corrected chi connectivity index (χ3v) is 9.73. The minimum Gasteiger partial charge on any atom is -0.335 e. The molecule has 2 saturated heterocycles. The molecule has 0 aliphatic carbocycles. The van der Waals surface area contributed by atoms with Crippen molar-refractivity contribution in [2.75, 3.05) is 32.4 Å². The van der Waals surface area contributed by atoms with E-state index in [1.807, 2.05) is 42.5 Å². The number of aromatic nitrogens is 2. The second-order valence-electron chi connectivity index (χ2n) is 11.5. The number of piperidine rings is 1. The van der Waals surface area contributed by atoms with Crippen molar-refractivity contribution in [2.45, 2.75) is 42.3 Å². The first-order valence-electron chi connectivity index (χ1n) is 14.5. The normalized spacial score (nSPS) is 20.0. The molecule has 0 spiro atoms. The number of carbonyl (C=O) groups excluding carboxylic acids is 1. The van der Waals surface area contributed by atoms with Gasteiger partial charge in [0.1, 0.15) is 12.0 Å². The minimum absolute atomic E-state index is 0.0176. The fraction of sp³-hybridized carbons (Fsp3) is 0.333. The molecule has 2 fully saturated rings. The largest absolute Gasteiger partial charge is 0.335 e. The summed E-state index contributed by atoms with van der Waals surface area (Å²) in [6.07, 6.45) is 3.15. The molecule has 0 radical (unpaired) electrons. The van der Waals surface area contributed by atoms with Crippen molar-refractivity contribution in [3.05, 3.63) is 113 Å². The molecule has 0 saturated carbocycles. The first-order chi connectivity index (χ1) is 20.7. The minimum atomic E-state index is -3.25. The quantitative estimate of drug-likeness (QED) is 0.284. The van der Waals surface area contributed by atoms with Gasteiger partial charge in [-0.25, -0.2) is 21.9 Å². The lowest BCUT2D eigenvalue weighted by molar-refractivity contribution is 0.0779. The predicted octanol–water partition coefficient (Wildman–Crippen LogP) is 5.37. The molecule has 6 rings (SSSR count). The fourth-order valence-corrected chi connectivity index (χ4v) is 6.91. The molecule has 7 nitrogen and oxygen atoms in total. The van der Waals surface area contributed by atoms with Crippen LogP contribution in [0.4, 0.5) is 8.78 Å². The Hall–Kier alpha value is -3.89. The zero-order chi connectivity index (χ0) is 30.1. The molecule has 1 amide bonds. The van der Waals surface area contributed by atoms with E-state index in [-0.39, 0.29) is 30.1 Å². The number of rotatable bonds is 7. The summed E-state index contributed by atoms with van der Waals surface area (Å²) in [7, 11) is -3.25. The van der Waals surface area contributed by atoms with Crippen LogP contribution >= 0.6 is 0 Å². The van der Waals surface area contributed by atoms with Gasteiger partial charge in [-0.15, -0.1) is 0 Å². The number of nitrogens with zero attached hydrogens (tertiary/aromatic N) is 4. The highest BCUT2D eigenvalue weighted by Crippen LogP contribution is 2.36. The summed E-state index contributed by atoms with van der Waals surface area (Å²) in [5, 5.41) is 4.59. The molecule has 3 aromatic carbocycles. The molecule has 2 unspecified atom stereocenters. The lowest BCUT2D eigenvalue weighted by Gasteiger charge is -2.33. The van der Waals surface area contributed by atoms with E-state index in [9.17, 15) is 17.6 Å². The molecule has 1 aromatic heterocycles. The van der Waals surface area contributed by atoms with Crippen molar-refractivity contribution in [3.8, 4) is 5.69 Å². The molecule has 10 heteroatoms. The highest BCUT2D eigenvalue weighted by atomic mass is 32.2. The number of sulfone groups is 1. The van der Waals surface area contributed by atoms with Crippen LogP contribution in [0.2, 0.25) is 0 Å². The van der Waals surface area contributed by atoms with Gasteiger partial charge in [0.25, 0.3) is 5.91 Å². The van der Waals surface area contributed by atoms with Crippen LogP contribution in [-0.4, -0.2) is 72.5 Å². The summed E-state index contributed by atoms with van der Waals surface area (Å²) in [6, 6.07) is 22.5. The zero-order valence-electron chi connectivity index (χ0n) is 23.9. The molecule has 2 aliphatic heterocycles. The number of hydrogen-bond acceptors (Lipinski definition) is 5. The number of benzene rings is 3. The molecular weight excluding hydrogens is 570 g/mol. The Labute approximate surface area is 250 Å². The maximum atomic E-state index is 15.2. The molecule has 43 heavy (non-hydrogen) atoms. The summed E-state index contributed by atoms with van der Waals surface area (Å²) >= 11 is 0. The average molecular weight is 605 g/mol. The molecule has 2 aliphatic rings. The SMILES string of the molecule is CS(=O)(=O)c1ccc(CN2CCC(c3c(C(=O)N4CC(F)C(c5ccccc5)C4)cnn3-c3ccc(F)cc3)CC2)cc1. The Bertz CT molecular complexity index is 1680. The van der Waals surface area contributed by atoms with Crippen LogP contribution in [0, 0.1) is 5.82 Å². The van der Waals surface area contributed by atoms with Gasteiger partial charge in [-0.3, -0.25) is 9.69 Å². The summed E-state index contributed by atoms with van der Waals surface area (Å²) in [5.41, 5.74) is 3.80. The number of amides is 1. The highest BCUT2D eigenvalue weighted by Gasteiger charge is 2.39. The van der Waals surface area contributed by atoms with E-state index < -0.39 is 16.0 Å². The first kappa shape index (κ1) is 29.2. The predicted molar refractivity (Wildman–Crippen MR) is 160 cm³/mol. The molecular formula is C33H34F2N4O3S. The number of alkyl halides is 1. The van der Waals surface area contributed by atoms with Gasteiger partial charge in [-0.1, -0.05) is 42.5 Å². The van der Waals surface area contributed by atoms with Crippen LogP contribution < -0.4 is 0 Å². The van der Waals surface area contributed by atoms with Gasteiger partial charge in [0.15, 0.2) is 9.84 Å². The van der Waals surface area contributed by atoms with Crippen LogP contribution in [0.25, 0.3) is 5.69 Å². The second-order valence-corrected chi connectivity index (χ2v) is 13.6. The Morgan fingerprint density at radius 1 is 0.930 bits per heavy atom. The smallest absolute Gasteiger partial charge is 0.257 e. The van der Waals surface area contributed by atoms with E-state index in [4.69, 9.17) is 0 Å². The van der Waals surface area contributed by atoms with Crippen LogP contribution in [0.5, 0.6) is 0 Å². The standard InChI is InChI=1S/C33H34F2N4O3S/c1-43(41,42)28-13-7-23(8-14-28)20-37-17-15-25(16-18-37)32-29(19-36-39(32)27-11-9-26(34)10-12-27)33(40)38-21-30(31(35)22-38)24-5-3-2-4-6-24/h2-14,19,25,30-31H,15-18,20-22H2,1H3. The van der Waals surface area contributed by atoms with Gasteiger partial charge in [-0.05, 0) is 73.5 Å². The summed E-state index contributed by atoms with van der Waals surface area (Å²) in [5.74, 6) is -0.956. The maximum Gasteiger partial charge on any atom is 0.257 e. The van der Waals surface area contributed by atoms with E-state index in [1.165, 1.54) is 18.4 Å². The second kappa shape index (κ2) is 12.0. The van der Waals surface area contributed by atoms with Gasteiger partial charge in [0, 0.05) is 31.2 Å². The molecule has 0 N–H and O–H groups in total. The van der Waals surface area contributed by atoms with Gasteiger partial charge < -0.3 is 4.90 Å². The summed E-state index contributed by atoms with van der Waals surface area (Å²) in [4.78, 5) is 18.1. The van der Waals surface area contributed by atoms with Crippen LogP contribution in [0.1, 0.15) is 51.9 Å². The summed E-state index contributed by atoms with van der Waals surface area (Å²) < 4.78 is 54.3. The molecule has 3 heterocycles. The van der Waals surface area contributed by atoms with Gasteiger partial charge in [0.05, 0.1) is 34.6 Å². The van der Waals surface area contributed by atoms with Crippen molar-refractivity contribution in [2.24, 2.45) is 0 Å². The van der Waals surface area contributed by atoms with Gasteiger partial charge >= 0.3 is 0 Å².